The van der Waals surface area contributed by atoms with Gasteiger partial charge in [0.1, 0.15) is 30.5 Å². The summed E-state index contributed by atoms with van der Waals surface area (Å²) in [5.41, 5.74) is 1.71. The lowest BCUT2D eigenvalue weighted by atomic mass is 9.82. The number of aryl methyl sites for hydroxylation is 1. The highest BCUT2D eigenvalue weighted by Gasteiger charge is 2.47. The number of methoxy groups -OCH3 is 2. The molecule has 4 heterocycles. The molecule has 0 aromatic carbocycles. The van der Waals surface area contributed by atoms with Crippen molar-refractivity contribution in [1.29, 1.82) is 0 Å². The summed E-state index contributed by atoms with van der Waals surface area (Å²) in [6.45, 7) is 16.3. The number of rotatable bonds is 15. The van der Waals surface area contributed by atoms with Crippen molar-refractivity contribution in [2.45, 2.75) is 173 Å². The van der Waals surface area contributed by atoms with Crippen LogP contribution in [0, 0.1) is 29.6 Å². The fourth-order valence-electron chi connectivity index (χ4n) is 8.79. The maximum absolute atomic E-state index is 13.9. The number of cyclic esters (lactones) is 1. The highest BCUT2D eigenvalue weighted by molar-refractivity contribution is 7.95. The molecular weight excluding hydrogens is 821 g/mol. The second kappa shape index (κ2) is 24.8. The van der Waals surface area contributed by atoms with Crippen LogP contribution in [0.25, 0.3) is 0 Å². The number of carbonyl (C=O) groups is 2. The second-order valence-electron chi connectivity index (χ2n) is 18.3. The zero-order valence-electron chi connectivity index (χ0n) is 39.0. The minimum absolute atomic E-state index is 0.0298. The van der Waals surface area contributed by atoms with Gasteiger partial charge >= 0.3 is 5.97 Å². The van der Waals surface area contributed by atoms with Crippen LogP contribution in [-0.4, -0.2) is 155 Å². The van der Waals surface area contributed by atoms with Gasteiger partial charge in [0, 0.05) is 50.5 Å². The summed E-state index contributed by atoms with van der Waals surface area (Å²) in [5.74, 6) is -0.946. The van der Waals surface area contributed by atoms with Crippen LogP contribution < -0.4 is 0 Å². The number of hydrogen-bond acceptors (Lipinski definition) is 16. The first-order valence-electron chi connectivity index (χ1n) is 22.4. The predicted octanol–water partition coefficient (Wildman–Crippen LogP) is 4.53. The predicted molar refractivity (Wildman–Crippen MR) is 235 cm³/mol. The number of esters is 1. The molecular formula is C45H76N4O12S. The molecule has 0 aliphatic carbocycles. The van der Waals surface area contributed by atoms with Gasteiger partial charge in [-0.3, -0.25) is 18.5 Å². The molecule has 0 bridgehead atoms. The van der Waals surface area contributed by atoms with Gasteiger partial charge in [-0.2, -0.15) is 0 Å². The zero-order chi connectivity index (χ0) is 45.8. The largest absolute Gasteiger partial charge is 0.462 e. The molecule has 0 saturated carbocycles. The molecule has 5 unspecified atom stereocenters. The smallest absolute Gasteiger partial charge is 0.306 e. The molecule has 4 rings (SSSR count). The van der Waals surface area contributed by atoms with Crippen molar-refractivity contribution in [1.82, 2.24) is 19.9 Å². The van der Waals surface area contributed by atoms with E-state index in [0.717, 1.165) is 17.7 Å². The molecule has 0 amide bonds. The Morgan fingerprint density at radius 1 is 0.968 bits per heavy atom. The summed E-state index contributed by atoms with van der Waals surface area (Å²) in [6.07, 6.45) is 2.40. The normalized spacial score (nSPS) is 38.5. The van der Waals surface area contributed by atoms with Gasteiger partial charge in [0.25, 0.3) is 0 Å². The van der Waals surface area contributed by atoms with Gasteiger partial charge in [-0.1, -0.05) is 57.6 Å². The molecule has 2 saturated heterocycles. The van der Waals surface area contributed by atoms with Gasteiger partial charge in [-0.05, 0) is 103 Å². The number of nitrogens with zero attached hydrogens (tertiary/aromatic N) is 4. The van der Waals surface area contributed by atoms with Crippen LogP contribution in [0.4, 0.5) is 0 Å². The first kappa shape index (κ1) is 52.3. The van der Waals surface area contributed by atoms with Gasteiger partial charge in [-0.15, -0.1) is 5.10 Å². The van der Waals surface area contributed by atoms with Crippen LogP contribution >= 0.6 is 12.0 Å². The highest BCUT2D eigenvalue weighted by atomic mass is 32.2. The van der Waals surface area contributed by atoms with Crippen LogP contribution in [0.15, 0.2) is 30.0 Å². The molecule has 3 aliphatic heterocycles. The second-order valence-corrected chi connectivity index (χ2v) is 19.2. The number of hydrogen-bond donors (Lipinski definition) is 3. The van der Waals surface area contributed by atoms with E-state index in [-0.39, 0.29) is 47.8 Å². The van der Waals surface area contributed by atoms with Crippen molar-refractivity contribution >= 4 is 23.8 Å². The Bertz CT molecular complexity index is 1590. The van der Waals surface area contributed by atoms with Crippen LogP contribution in [0.3, 0.4) is 0 Å². The molecule has 0 radical (unpaired) electrons. The van der Waals surface area contributed by atoms with E-state index in [2.05, 4.69) is 31.1 Å². The third kappa shape index (κ3) is 14.4. The van der Waals surface area contributed by atoms with E-state index in [9.17, 15) is 24.9 Å². The maximum atomic E-state index is 13.9. The van der Waals surface area contributed by atoms with Crippen molar-refractivity contribution in [3.63, 3.8) is 0 Å². The number of carbonyl (C=O) groups excluding carboxylic acids is 2. The average molecular weight is 897 g/mol. The molecule has 16 nitrogen and oxygen atoms in total. The fourth-order valence-corrected chi connectivity index (χ4v) is 9.92. The summed E-state index contributed by atoms with van der Waals surface area (Å²) in [7, 11) is 6.60. The van der Waals surface area contributed by atoms with Crippen LogP contribution in [0.5, 0.6) is 0 Å². The van der Waals surface area contributed by atoms with E-state index in [4.69, 9.17) is 32.6 Å². The van der Waals surface area contributed by atoms with E-state index < -0.39 is 73.4 Å². The van der Waals surface area contributed by atoms with E-state index in [1.165, 1.54) is 26.3 Å². The zero-order valence-corrected chi connectivity index (χ0v) is 39.8. The van der Waals surface area contributed by atoms with Crippen molar-refractivity contribution < 1.29 is 57.5 Å². The van der Waals surface area contributed by atoms with Gasteiger partial charge in [0.05, 0.1) is 36.7 Å². The van der Waals surface area contributed by atoms with E-state index >= 15 is 0 Å². The van der Waals surface area contributed by atoms with Crippen molar-refractivity contribution in [3.05, 3.63) is 35.7 Å². The number of aromatic nitrogens is 3. The molecule has 17 heteroatoms. The number of aliphatic hydroxyl groups is 3. The molecule has 1 aromatic rings. The van der Waals surface area contributed by atoms with Crippen molar-refractivity contribution in [2.24, 2.45) is 29.6 Å². The Morgan fingerprint density at radius 3 is 2.29 bits per heavy atom. The van der Waals surface area contributed by atoms with E-state index in [1.807, 2.05) is 37.7 Å². The van der Waals surface area contributed by atoms with Crippen molar-refractivity contribution in [2.75, 3.05) is 34.9 Å². The molecule has 3 N–H and O–H groups in total. The van der Waals surface area contributed by atoms with Gasteiger partial charge in [-0.25, -0.2) is 0 Å². The summed E-state index contributed by atoms with van der Waals surface area (Å²) in [6, 6.07) is -0.616. The first-order valence-corrected chi connectivity index (χ1v) is 23.2. The summed E-state index contributed by atoms with van der Waals surface area (Å²) < 4.78 is 44.1. The minimum Gasteiger partial charge on any atom is -0.462 e. The third-order valence-electron chi connectivity index (χ3n) is 12.5. The molecule has 16 atom stereocenters. The van der Waals surface area contributed by atoms with Gasteiger partial charge in [0.2, 0.25) is 0 Å². The van der Waals surface area contributed by atoms with Crippen LogP contribution in [0.1, 0.15) is 93.2 Å². The van der Waals surface area contributed by atoms with Gasteiger partial charge < -0.3 is 48.6 Å². The standard InChI is InChI=1S/C45H76N4O12S/c1-13-35-32(24-57-45-42(56-12)41(55-11)39(53)30(8)59-45)21-26(4)14-16-34(50)28(6)22-31(18-19-49-23-33(46-47-49)20-25(2)3)43(27(5)15-17-36(51)60-35)62-61-44-40(54)37(48(9)10)38(52)29(7)58-44/h14,16,21,23,25,27-32,35,37-45,52-54H,13,15,17-20,22,24H2,1-12H3/b16-14+,26-21+/t27-,28+,29+,30?,31-,32+,35+,37?,38+,39+,40?,41-,42?,43?,44-,45+/m0/s1. The van der Waals surface area contributed by atoms with Crippen molar-refractivity contribution in [3.8, 4) is 0 Å². The molecule has 2 fully saturated rings. The highest BCUT2D eigenvalue weighted by Crippen LogP contribution is 2.39. The Morgan fingerprint density at radius 2 is 1.65 bits per heavy atom. The fraction of sp³-hybridized carbons (Fsp3) is 0.822. The summed E-state index contributed by atoms with van der Waals surface area (Å²) in [5, 5.41) is 41.5. The summed E-state index contributed by atoms with van der Waals surface area (Å²) >= 11 is 1.21. The number of ether oxygens (including phenoxy) is 6. The Hall–Kier alpha value is -2.29. The van der Waals surface area contributed by atoms with E-state index in [0.29, 0.717) is 38.1 Å². The minimum atomic E-state index is -1.14. The summed E-state index contributed by atoms with van der Waals surface area (Å²) in [4.78, 5) is 29.5. The lowest BCUT2D eigenvalue weighted by Crippen LogP contribution is -2.62. The molecule has 1 aromatic heterocycles. The number of ketones is 1. The number of likely N-dealkylation sites (N-methyl/N-ethyl adjacent to an activating group) is 1. The quantitative estimate of drug-likeness (QED) is 0.164. The Balaban J connectivity index is 1.63. The Labute approximate surface area is 373 Å². The molecule has 0 spiro atoms. The maximum Gasteiger partial charge on any atom is 0.306 e. The van der Waals surface area contributed by atoms with Crippen LogP contribution in [0.2, 0.25) is 0 Å². The lowest BCUT2D eigenvalue weighted by Gasteiger charge is -2.44. The monoisotopic (exact) mass is 897 g/mol. The Kier molecular flexibility index (Phi) is 21.0. The lowest BCUT2D eigenvalue weighted by molar-refractivity contribution is -0.304. The SMILES string of the molecule is CC[C@H]1OC(=O)CC[C@H](C)C(SO[C@@H]2O[C@H](C)[C@@H](O)C(N(C)C)C2O)[C@@H](CCn2cc(CC(C)C)nn2)C[C@@H](C)C(=O)/C=C/C(C)=C/[C@@H]1CO[C@@H]1OC(C)[C@@H](O)[C@H](OC)C1OC. The van der Waals surface area contributed by atoms with Crippen LogP contribution in [-0.2, 0) is 55.2 Å². The molecule has 3 aliphatic rings. The molecule has 354 valence electrons. The number of allylic oxidation sites excluding steroid dienone is 3. The van der Waals surface area contributed by atoms with Gasteiger partial charge in [0.15, 0.2) is 18.4 Å². The van der Waals surface area contributed by atoms with E-state index in [1.54, 1.807) is 45.0 Å². The first-order chi connectivity index (χ1) is 29.4. The third-order valence-corrected chi connectivity index (χ3v) is 13.8. The average Bonchev–Trinajstić information content (AvgIpc) is 3.67. The topological polar surface area (TPSA) is 193 Å². The molecule has 62 heavy (non-hydrogen) atoms. The number of aliphatic hydroxyl groups excluding tert-OH is 3.